The predicted octanol–water partition coefficient (Wildman–Crippen LogP) is 4.22. The van der Waals surface area contributed by atoms with Crippen LogP contribution in [-0.4, -0.2) is 53.0 Å². The van der Waals surface area contributed by atoms with Gasteiger partial charge in [-0.25, -0.2) is 4.79 Å². The van der Waals surface area contributed by atoms with Crippen molar-refractivity contribution in [2.24, 2.45) is 5.92 Å². The quantitative estimate of drug-likeness (QED) is 0.298. The Bertz CT molecular complexity index is 957. The molecule has 0 saturated carbocycles. The summed E-state index contributed by atoms with van der Waals surface area (Å²) in [6.07, 6.45) is 3.05. The minimum absolute atomic E-state index is 0.109. The Morgan fingerprint density at radius 2 is 1.51 bits per heavy atom. The van der Waals surface area contributed by atoms with Gasteiger partial charge in [-0.05, 0) is 60.6 Å². The summed E-state index contributed by atoms with van der Waals surface area (Å²) in [6.45, 7) is 3.89. The molecule has 0 aliphatic heterocycles. The van der Waals surface area contributed by atoms with Crippen molar-refractivity contribution in [3.63, 3.8) is 0 Å². The Kier molecular flexibility index (Phi) is 11.9. The molecule has 7 nitrogen and oxygen atoms in total. The third-order valence-corrected chi connectivity index (χ3v) is 6.25. The standard InChI is InChI=1S/C26H34ClN3O4S/c1-17(2)15-22(25(32)30-23(26(33)34)16-18-7-5-4-6-8-18)29-24(31)21(13-14-35-3)28-20-11-9-19(27)10-12-20/h4-12,17,21-23,28H,13-16H2,1-3H3,(H,29,31)(H,30,32)(H,33,34)/t21-,22-,23-/m0/s1. The van der Waals surface area contributed by atoms with E-state index in [2.05, 4.69) is 16.0 Å². The number of carboxylic acids is 1. The van der Waals surface area contributed by atoms with E-state index in [9.17, 15) is 19.5 Å². The van der Waals surface area contributed by atoms with Gasteiger partial charge in [-0.3, -0.25) is 9.59 Å². The van der Waals surface area contributed by atoms with Crippen molar-refractivity contribution in [3.05, 3.63) is 65.2 Å². The van der Waals surface area contributed by atoms with Crippen LogP contribution in [0.25, 0.3) is 0 Å². The zero-order chi connectivity index (χ0) is 25.8. The SMILES string of the molecule is CSCC[C@H](Nc1ccc(Cl)cc1)C(=O)N[C@@H](CC(C)C)C(=O)N[C@@H](Cc1ccccc1)C(=O)O. The maximum absolute atomic E-state index is 13.2. The molecular weight excluding hydrogens is 486 g/mol. The number of carbonyl (C=O) groups excluding carboxylic acids is 2. The molecule has 9 heteroatoms. The Hall–Kier alpha value is -2.71. The fourth-order valence-corrected chi connectivity index (χ4v) is 4.15. The van der Waals surface area contributed by atoms with Crippen LogP contribution >= 0.6 is 23.4 Å². The monoisotopic (exact) mass is 519 g/mol. The van der Waals surface area contributed by atoms with Gasteiger partial charge >= 0.3 is 5.97 Å². The van der Waals surface area contributed by atoms with Crippen molar-refractivity contribution in [1.82, 2.24) is 10.6 Å². The summed E-state index contributed by atoms with van der Waals surface area (Å²) in [4.78, 5) is 38.2. The molecule has 0 unspecified atom stereocenters. The summed E-state index contributed by atoms with van der Waals surface area (Å²) in [7, 11) is 0. The summed E-state index contributed by atoms with van der Waals surface area (Å²) >= 11 is 7.59. The van der Waals surface area contributed by atoms with Crippen molar-refractivity contribution in [3.8, 4) is 0 Å². The molecule has 4 N–H and O–H groups in total. The van der Waals surface area contributed by atoms with Gasteiger partial charge in [-0.2, -0.15) is 11.8 Å². The van der Waals surface area contributed by atoms with E-state index >= 15 is 0 Å². The lowest BCUT2D eigenvalue weighted by molar-refractivity contribution is -0.142. The van der Waals surface area contributed by atoms with E-state index < -0.39 is 30.0 Å². The van der Waals surface area contributed by atoms with E-state index in [-0.39, 0.29) is 18.2 Å². The minimum Gasteiger partial charge on any atom is -0.480 e. The van der Waals surface area contributed by atoms with Gasteiger partial charge in [0.15, 0.2) is 0 Å². The number of hydrogen-bond donors (Lipinski definition) is 4. The molecule has 3 atom stereocenters. The molecule has 0 fully saturated rings. The maximum atomic E-state index is 13.2. The fraction of sp³-hybridized carbons (Fsp3) is 0.423. The van der Waals surface area contributed by atoms with Gasteiger partial charge in [0.1, 0.15) is 18.1 Å². The van der Waals surface area contributed by atoms with Gasteiger partial charge < -0.3 is 21.1 Å². The second kappa shape index (κ2) is 14.6. The molecule has 0 saturated heterocycles. The first-order valence-corrected chi connectivity index (χ1v) is 13.3. The largest absolute Gasteiger partial charge is 0.480 e. The first-order chi connectivity index (χ1) is 16.7. The zero-order valence-electron chi connectivity index (χ0n) is 20.3. The molecule has 0 aromatic heterocycles. The molecular formula is C26H34ClN3O4S. The Labute approximate surface area is 216 Å². The highest BCUT2D eigenvalue weighted by molar-refractivity contribution is 7.98. The van der Waals surface area contributed by atoms with Gasteiger partial charge in [0, 0.05) is 17.1 Å². The molecule has 2 rings (SSSR count). The summed E-state index contributed by atoms with van der Waals surface area (Å²) in [5.41, 5.74) is 1.54. The lowest BCUT2D eigenvalue weighted by Crippen LogP contribution is -2.55. The number of halogens is 1. The lowest BCUT2D eigenvalue weighted by Gasteiger charge is -2.26. The van der Waals surface area contributed by atoms with E-state index in [1.807, 2.05) is 50.4 Å². The molecule has 35 heavy (non-hydrogen) atoms. The number of amides is 2. The molecule has 2 amide bonds. The van der Waals surface area contributed by atoms with E-state index in [0.29, 0.717) is 17.9 Å². The van der Waals surface area contributed by atoms with Crippen LogP contribution < -0.4 is 16.0 Å². The first-order valence-electron chi connectivity index (χ1n) is 11.6. The van der Waals surface area contributed by atoms with Crippen molar-refractivity contribution in [1.29, 1.82) is 0 Å². The van der Waals surface area contributed by atoms with Gasteiger partial charge in [0.25, 0.3) is 0 Å². The number of carbonyl (C=O) groups is 3. The molecule has 2 aromatic carbocycles. The van der Waals surface area contributed by atoms with Crippen LogP contribution in [0, 0.1) is 5.92 Å². The number of aliphatic carboxylic acids is 1. The van der Waals surface area contributed by atoms with Crippen LogP contribution in [-0.2, 0) is 20.8 Å². The molecule has 0 heterocycles. The van der Waals surface area contributed by atoms with Gasteiger partial charge in [0.05, 0.1) is 0 Å². The maximum Gasteiger partial charge on any atom is 0.326 e. The average Bonchev–Trinajstić information content (AvgIpc) is 2.82. The number of anilines is 1. The van der Waals surface area contributed by atoms with E-state index in [4.69, 9.17) is 11.6 Å². The van der Waals surface area contributed by atoms with Crippen LogP contribution in [0.1, 0.15) is 32.3 Å². The zero-order valence-corrected chi connectivity index (χ0v) is 21.9. The number of nitrogens with one attached hydrogen (secondary N) is 3. The number of thioether (sulfide) groups is 1. The highest BCUT2D eigenvalue weighted by Crippen LogP contribution is 2.16. The second-order valence-corrected chi connectivity index (χ2v) is 10.2. The highest BCUT2D eigenvalue weighted by atomic mass is 35.5. The fourth-order valence-electron chi connectivity index (χ4n) is 3.55. The second-order valence-electron chi connectivity index (χ2n) is 8.77. The Balaban J connectivity index is 2.13. The number of hydrogen-bond acceptors (Lipinski definition) is 5. The van der Waals surface area contributed by atoms with Crippen LogP contribution in [0.4, 0.5) is 5.69 Å². The number of carboxylic acid groups (broad SMARTS) is 1. The number of rotatable bonds is 14. The summed E-state index contributed by atoms with van der Waals surface area (Å²) in [5.74, 6) is -1.09. The average molecular weight is 520 g/mol. The van der Waals surface area contributed by atoms with Crippen molar-refractivity contribution in [2.75, 3.05) is 17.3 Å². The molecule has 190 valence electrons. The van der Waals surface area contributed by atoms with E-state index in [1.54, 1.807) is 36.0 Å². The summed E-state index contributed by atoms with van der Waals surface area (Å²) < 4.78 is 0. The molecule has 2 aromatic rings. The smallest absolute Gasteiger partial charge is 0.326 e. The molecule has 0 spiro atoms. The van der Waals surface area contributed by atoms with Gasteiger partial charge in [-0.15, -0.1) is 0 Å². The Morgan fingerprint density at radius 3 is 2.09 bits per heavy atom. The highest BCUT2D eigenvalue weighted by Gasteiger charge is 2.29. The van der Waals surface area contributed by atoms with Gasteiger partial charge in [0.2, 0.25) is 11.8 Å². The molecule has 0 bridgehead atoms. The first kappa shape index (κ1) is 28.5. The Morgan fingerprint density at radius 1 is 0.914 bits per heavy atom. The van der Waals surface area contributed by atoms with E-state index in [1.165, 1.54) is 0 Å². The van der Waals surface area contributed by atoms with E-state index in [0.717, 1.165) is 17.0 Å². The topological polar surface area (TPSA) is 108 Å². The van der Waals surface area contributed by atoms with Crippen LogP contribution in [0.2, 0.25) is 5.02 Å². The predicted molar refractivity (Wildman–Crippen MR) is 143 cm³/mol. The third kappa shape index (κ3) is 10.2. The third-order valence-electron chi connectivity index (χ3n) is 5.35. The van der Waals surface area contributed by atoms with Crippen molar-refractivity contribution < 1.29 is 19.5 Å². The van der Waals surface area contributed by atoms with Crippen LogP contribution in [0.3, 0.4) is 0 Å². The lowest BCUT2D eigenvalue weighted by atomic mass is 10.0. The van der Waals surface area contributed by atoms with Gasteiger partial charge in [-0.1, -0.05) is 55.8 Å². The van der Waals surface area contributed by atoms with Crippen molar-refractivity contribution >= 4 is 46.8 Å². The molecule has 0 aliphatic carbocycles. The number of benzene rings is 2. The van der Waals surface area contributed by atoms with Crippen molar-refractivity contribution in [2.45, 2.75) is 51.2 Å². The van der Waals surface area contributed by atoms with Crippen LogP contribution in [0.5, 0.6) is 0 Å². The molecule has 0 aliphatic rings. The summed E-state index contributed by atoms with van der Waals surface area (Å²) in [5, 5.41) is 19.0. The summed E-state index contributed by atoms with van der Waals surface area (Å²) in [6, 6.07) is 13.6. The minimum atomic E-state index is -1.13. The normalized spacial score (nSPS) is 13.5. The molecule has 0 radical (unpaired) electrons. The van der Waals surface area contributed by atoms with Crippen LogP contribution in [0.15, 0.2) is 54.6 Å².